The number of carbonyl (C=O) groups is 2. The molecule has 1 aliphatic heterocycles. The highest BCUT2D eigenvalue weighted by atomic mass is 19.1. The molecule has 0 aromatic heterocycles. The summed E-state index contributed by atoms with van der Waals surface area (Å²) in [6.45, 7) is 0.610. The Morgan fingerprint density at radius 3 is 2.38 bits per heavy atom. The summed E-state index contributed by atoms with van der Waals surface area (Å²) in [5.41, 5.74) is 1.53. The molecule has 1 heterocycles. The minimum absolute atomic E-state index is 0.0952. The van der Waals surface area contributed by atoms with Gasteiger partial charge in [0, 0.05) is 18.7 Å². The van der Waals surface area contributed by atoms with E-state index in [0.29, 0.717) is 43.2 Å². The van der Waals surface area contributed by atoms with Crippen LogP contribution in [-0.4, -0.2) is 25.0 Å². The van der Waals surface area contributed by atoms with Crippen molar-refractivity contribution in [3.63, 3.8) is 0 Å². The number of hydrogen-bond donors (Lipinski definition) is 1. The summed E-state index contributed by atoms with van der Waals surface area (Å²) in [4.78, 5) is 25.6. The molecule has 2 amide bonds. The minimum atomic E-state index is -0.557. The quantitative estimate of drug-likeness (QED) is 0.565. The summed E-state index contributed by atoms with van der Waals surface area (Å²) in [6, 6.07) is 21.1. The predicted octanol–water partition coefficient (Wildman–Crippen LogP) is 4.55. The van der Waals surface area contributed by atoms with Gasteiger partial charge >= 0.3 is 0 Å². The van der Waals surface area contributed by atoms with Gasteiger partial charge in [0.1, 0.15) is 12.4 Å². The second kappa shape index (κ2) is 9.96. The number of hydrogen-bond acceptors (Lipinski definition) is 4. The Bertz CT molecular complexity index is 1100. The Labute approximate surface area is 185 Å². The van der Waals surface area contributed by atoms with Crippen molar-refractivity contribution in [1.29, 1.82) is 0 Å². The van der Waals surface area contributed by atoms with E-state index in [4.69, 9.17) is 9.47 Å². The standard InChI is InChI=1S/C25H23FN2O4/c26-20-15-19(12-13-21(20)28-14-6-11-25(28)30)27-24(29)17-32-23-10-5-4-9-22(23)31-16-18-7-2-1-3-8-18/h1-5,7-10,12-13,15H,6,11,14,16-17H2,(H,27,29). The van der Waals surface area contributed by atoms with Gasteiger partial charge in [-0.3, -0.25) is 9.59 Å². The van der Waals surface area contributed by atoms with Crippen LogP contribution >= 0.6 is 0 Å². The van der Waals surface area contributed by atoms with Crippen LogP contribution in [0.15, 0.2) is 72.8 Å². The second-order valence-corrected chi connectivity index (χ2v) is 7.37. The molecule has 32 heavy (non-hydrogen) atoms. The molecule has 6 nitrogen and oxygen atoms in total. The van der Waals surface area contributed by atoms with Crippen LogP contribution in [-0.2, 0) is 16.2 Å². The summed E-state index contributed by atoms with van der Waals surface area (Å²) < 4.78 is 25.9. The zero-order valence-corrected chi connectivity index (χ0v) is 17.4. The van der Waals surface area contributed by atoms with Crippen molar-refractivity contribution in [2.75, 3.05) is 23.4 Å². The largest absolute Gasteiger partial charge is 0.485 e. The molecule has 3 aromatic carbocycles. The first-order valence-electron chi connectivity index (χ1n) is 10.4. The van der Waals surface area contributed by atoms with E-state index in [9.17, 15) is 14.0 Å². The number of halogens is 1. The molecule has 1 aliphatic rings. The maximum absolute atomic E-state index is 14.5. The van der Waals surface area contributed by atoms with Crippen molar-refractivity contribution < 1.29 is 23.5 Å². The van der Waals surface area contributed by atoms with Gasteiger partial charge in [-0.2, -0.15) is 0 Å². The minimum Gasteiger partial charge on any atom is -0.485 e. The van der Waals surface area contributed by atoms with Crippen molar-refractivity contribution in [2.45, 2.75) is 19.4 Å². The summed E-state index contributed by atoms with van der Waals surface area (Å²) in [5.74, 6) is -0.129. The molecule has 0 spiro atoms. The summed E-state index contributed by atoms with van der Waals surface area (Å²) in [7, 11) is 0. The number of para-hydroxylation sites is 2. The van der Waals surface area contributed by atoms with Gasteiger partial charge in [-0.15, -0.1) is 0 Å². The topological polar surface area (TPSA) is 67.9 Å². The number of benzene rings is 3. The number of nitrogens with one attached hydrogen (secondary N) is 1. The molecule has 164 valence electrons. The van der Waals surface area contributed by atoms with Gasteiger partial charge in [0.25, 0.3) is 5.91 Å². The first-order valence-corrected chi connectivity index (χ1v) is 10.4. The summed E-state index contributed by atoms with van der Waals surface area (Å²) >= 11 is 0. The Kier molecular flexibility index (Phi) is 6.65. The first kappa shape index (κ1) is 21.4. The molecule has 0 unspecified atom stereocenters. The van der Waals surface area contributed by atoms with E-state index in [1.54, 1.807) is 24.3 Å². The molecule has 0 bridgehead atoms. The van der Waals surface area contributed by atoms with Gasteiger partial charge in [-0.25, -0.2) is 4.39 Å². The molecule has 0 atom stereocenters. The van der Waals surface area contributed by atoms with E-state index < -0.39 is 11.7 Å². The molecule has 0 aliphatic carbocycles. The smallest absolute Gasteiger partial charge is 0.262 e. The molecular formula is C25H23FN2O4. The van der Waals surface area contributed by atoms with Crippen molar-refractivity contribution in [1.82, 2.24) is 0 Å². The van der Waals surface area contributed by atoms with Crippen LogP contribution in [0.2, 0.25) is 0 Å². The Morgan fingerprint density at radius 2 is 1.69 bits per heavy atom. The number of rotatable bonds is 8. The second-order valence-electron chi connectivity index (χ2n) is 7.37. The van der Waals surface area contributed by atoms with E-state index in [1.165, 1.54) is 17.0 Å². The van der Waals surface area contributed by atoms with Crippen LogP contribution in [0, 0.1) is 5.82 Å². The molecular weight excluding hydrogens is 411 g/mol. The highest BCUT2D eigenvalue weighted by molar-refractivity contribution is 5.96. The number of anilines is 2. The maximum atomic E-state index is 14.5. The van der Waals surface area contributed by atoms with E-state index in [1.807, 2.05) is 36.4 Å². The normalized spacial score (nSPS) is 13.2. The number of nitrogens with zero attached hydrogens (tertiary/aromatic N) is 1. The lowest BCUT2D eigenvalue weighted by atomic mass is 10.2. The fourth-order valence-electron chi connectivity index (χ4n) is 3.47. The van der Waals surface area contributed by atoms with Crippen molar-refractivity contribution >= 4 is 23.2 Å². The molecule has 0 saturated carbocycles. The fourth-order valence-corrected chi connectivity index (χ4v) is 3.47. The molecule has 3 aromatic rings. The monoisotopic (exact) mass is 434 g/mol. The van der Waals surface area contributed by atoms with Crippen LogP contribution in [0.3, 0.4) is 0 Å². The number of carbonyl (C=O) groups excluding carboxylic acids is 2. The van der Waals surface area contributed by atoms with Crippen LogP contribution in [0.4, 0.5) is 15.8 Å². The Morgan fingerprint density at radius 1 is 0.969 bits per heavy atom. The third kappa shape index (κ3) is 5.24. The van der Waals surface area contributed by atoms with Crippen LogP contribution < -0.4 is 19.7 Å². The summed E-state index contributed by atoms with van der Waals surface area (Å²) in [6.07, 6.45) is 1.14. The zero-order valence-electron chi connectivity index (χ0n) is 17.4. The van der Waals surface area contributed by atoms with Gasteiger partial charge < -0.3 is 19.7 Å². The average molecular weight is 434 g/mol. The van der Waals surface area contributed by atoms with Crippen LogP contribution in [0.5, 0.6) is 11.5 Å². The van der Waals surface area contributed by atoms with Crippen molar-refractivity contribution in [2.24, 2.45) is 0 Å². The number of amides is 2. The lowest BCUT2D eigenvalue weighted by molar-refractivity contribution is -0.118. The lowest BCUT2D eigenvalue weighted by Gasteiger charge is -2.17. The molecule has 0 radical (unpaired) electrons. The maximum Gasteiger partial charge on any atom is 0.262 e. The number of ether oxygens (including phenoxy) is 2. The van der Waals surface area contributed by atoms with Gasteiger partial charge in [-0.1, -0.05) is 42.5 Å². The SMILES string of the molecule is O=C(COc1ccccc1OCc1ccccc1)Nc1ccc(N2CCCC2=O)c(F)c1. The predicted molar refractivity (Wildman–Crippen MR) is 119 cm³/mol. The van der Waals surface area contributed by atoms with Crippen LogP contribution in [0.25, 0.3) is 0 Å². The lowest BCUT2D eigenvalue weighted by Crippen LogP contribution is -2.25. The summed E-state index contributed by atoms with van der Waals surface area (Å²) in [5, 5.41) is 2.61. The van der Waals surface area contributed by atoms with Crippen LogP contribution in [0.1, 0.15) is 18.4 Å². The van der Waals surface area contributed by atoms with Crippen molar-refractivity contribution in [3.05, 3.63) is 84.2 Å². The van der Waals surface area contributed by atoms with E-state index in [0.717, 1.165) is 5.56 Å². The average Bonchev–Trinajstić information content (AvgIpc) is 3.23. The van der Waals surface area contributed by atoms with E-state index >= 15 is 0 Å². The highest BCUT2D eigenvalue weighted by Crippen LogP contribution is 2.28. The Hall–Kier alpha value is -3.87. The highest BCUT2D eigenvalue weighted by Gasteiger charge is 2.24. The molecule has 1 N–H and O–H groups in total. The zero-order chi connectivity index (χ0) is 22.3. The third-order valence-corrected chi connectivity index (χ3v) is 5.04. The van der Waals surface area contributed by atoms with Crippen molar-refractivity contribution in [3.8, 4) is 11.5 Å². The molecule has 1 saturated heterocycles. The Balaban J connectivity index is 1.33. The fraction of sp³-hybridized carbons (Fsp3) is 0.200. The van der Waals surface area contributed by atoms with E-state index in [-0.39, 0.29) is 18.2 Å². The third-order valence-electron chi connectivity index (χ3n) is 5.04. The van der Waals surface area contributed by atoms with E-state index in [2.05, 4.69) is 5.32 Å². The molecule has 7 heteroatoms. The molecule has 4 rings (SSSR count). The van der Waals surface area contributed by atoms with Gasteiger partial charge in [0.2, 0.25) is 5.91 Å². The molecule has 1 fully saturated rings. The first-order chi connectivity index (χ1) is 15.6. The van der Waals surface area contributed by atoms with Gasteiger partial charge in [-0.05, 0) is 42.3 Å². The van der Waals surface area contributed by atoms with Gasteiger partial charge in [0.05, 0.1) is 5.69 Å². The van der Waals surface area contributed by atoms with Gasteiger partial charge in [0.15, 0.2) is 18.1 Å².